The summed E-state index contributed by atoms with van der Waals surface area (Å²) in [5.41, 5.74) is 3.94. The Morgan fingerprint density at radius 2 is 1.35 bits per heavy atom. The van der Waals surface area contributed by atoms with Crippen LogP contribution < -0.4 is 5.32 Å². The van der Waals surface area contributed by atoms with Gasteiger partial charge in [0.25, 0.3) is 0 Å². The van der Waals surface area contributed by atoms with Gasteiger partial charge in [0.1, 0.15) is 0 Å². The standard InChI is InChI=1S/C16H14NO.3C4H9.Sn/c1-12(2)16(18)17-15-10-6-9-14(11-15)13-7-4-3-5-8-13;3*1-3-4-2;/h3-11H,1-2H2,(H,17,18);3*1,3-4H2,2H3;. The first-order valence-corrected chi connectivity index (χ1v) is 20.3. The van der Waals surface area contributed by atoms with Gasteiger partial charge in [-0.05, 0) is 0 Å². The van der Waals surface area contributed by atoms with Gasteiger partial charge < -0.3 is 0 Å². The number of nitrogens with one attached hydrogen (secondary N) is 1. The number of carbonyl (C=O) groups is 1. The van der Waals surface area contributed by atoms with Crippen LogP contribution in [0.5, 0.6) is 0 Å². The van der Waals surface area contributed by atoms with Crippen molar-refractivity contribution in [3.8, 4) is 11.1 Å². The Balaban J connectivity index is 2.11. The monoisotopic (exact) mass is 527 g/mol. The number of hydrogen-bond donors (Lipinski definition) is 1. The van der Waals surface area contributed by atoms with Gasteiger partial charge >= 0.3 is 195 Å². The summed E-state index contributed by atoms with van der Waals surface area (Å²) in [7, 11) is 0. The van der Waals surface area contributed by atoms with E-state index < -0.39 is 18.4 Å². The maximum atomic E-state index is 13.1. The molecule has 3 heteroatoms. The van der Waals surface area contributed by atoms with Crippen LogP contribution in [-0.4, -0.2) is 24.3 Å². The Labute approximate surface area is 194 Å². The molecule has 0 heterocycles. The molecule has 31 heavy (non-hydrogen) atoms. The second-order valence-corrected chi connectivity index (χ2v) is 22.8. The number of benzene rings is 2. The summed E-state index contributed by atoms with van der Waals surface area (Å²) < 4.78 is 5.22. The number of anilines is 1. The van der Waals surface area contributed by atoms with Crippen molar-refractivity contribution in [2.24, 2.45) is 0 Å². The van der Waals surface area contributed by atoms with Crippen LogP contribution in [-0.2, 0) is 4.79 Å². The van der Waals surface area contributed by atoms with Gasteiger partial charge in [0.15, 0.2) is 0 Å². The summed E-state index contributed by atoms with van der Waals surface area (Å²) in [5, 5.41) is 3.14. The molecule has 0 aliphatic carbocycles. The van der Waals surface area contributed by atoms with E-state index >= 15 is 0 Å². The average molecular weight is 526 g/mol. The van der Waals surface area contributed by atoms with Crippen molar-refractivity contribution in [3.05, 3.63) is 66.7 Å². The van der Waals surface area contributed by atoms with E-state index in [1.807, 2.05) is 30.3 Å². The molecule has 1 N–H and O–H groups in total. The molecule has 0 aliphatic heterocycles. The van der Waals surface area contributed by atoms with Crippen molar-refractivity contribution in [2.75, 3.05) is 5.32 Å². The van der Waals surface area contributed by atoms with Crippen LogP contribution in [0.3, 0.4) is 0 Å². The van der Waals surface area contributed by atoms with E-state index in [1.165, 1.54) is 51.8 Å². The molecule has 1 amide bonds. The number of carbonyl (C=O) groups excluding carboxylic acids is 1. The molecule has 2 rings (SSSR count). The second kappa shape index (κ2) is 13.8. The Hall–Kier alpha value is -1.55. The number of unbranched alkanes of at least 4 members (excludes halogenated alkanes) is 3. The van der Waals surface area contributed by atoms with Crippen LogP contribution in [0.2, 0.25) is 17.7 Å². The third kappa shape index (κ3) is 8.48. The number of rotatable bonds is 14. The molecule has 0 bridgehead atoms. The second-order valence-electron chi connectivity index (χ2n) is 8.99. The summed E-state index contributed by atoms with van der Waals surface area (Å²) in [6, 6.07) is 18.4. The summed E-state index contributed by atoms with van der Waals surface area (Å²) in [5.74, 6) is 0.00998. The van der Waals surface area contributed by atoms with Crippen molar-refractivity contribution in [1.29, 1.82) is 0 Å². The fraction of sp³-hybridized carbons (Fsp3) is 0.464. The van der Waals surface area contributed by atoms with Gasteiger partial charge in [-0.15, -0.1) is 0 Å². The van der Waals surface area contributed by atoms with Gasteiger partial charge in [-0.2, -0.15) is 0 Å². The number of hydrogen-bond acceptors (Lipinski definition) is 1. The molecule has 0 aromatic heterocycles. The number of amides is 1. The predicted octanol–water partition coefficient (Wildman–Crippen LogP) is 8.70. The van der Waals surface area contributed by atoms with Gasteiger partial charge in [-0.1, -0.05) is 0 Å². The quantitative estimate of drug-likeness (QED) is 0.194. The molecular weight excluding hydrogens is 485 g/mol. The Morgan fingerprint density at radius 3 is 1.90 bits per heavy atom. The van der Waals surface area contributed by atoms with E-state index in [1.54, 1.807) is 0 Å². The third-order valence-electron chi connectivity index (χ3n) is 6.32. The molecule has 0 radical (unpaired) electrons. The molecule has 168 valence electrons. The molecule has 0 spiro atoms. The van der Waals surface area contributed by atoms with Crippen molar-refractivity contribution in [2.45, 2.75) is 77.0 Å². The van der Waals surface area contributed by atoms with Gasteiger partial charge in [0.05, 0.1) is 0 Å². The molecule has 2 aromatic rings. The van der Waals surface area contributed by atoms with Gasteiger partial charge in [0.2, 0.25) is 0 Å². The first kappa shape index (κ1) is 25.7. The van der Waals surface area contributed by atoms with Crippen LogP contribution in [0.15, 0.2) is 66.7 Å². The molecule has 0 saturated carbocycles. The topological polar surface area (TPSA) is 29.1 Å². The van der Waals surface area contributed by atoms with Crippen LogP contribution in [0, 0.1) is 0 Å². The summed E-state index contributed by atoms with van der Waals surface area (Å²) in [4.78, 5) is 13.1. The maximum absolute atomic E-state index is 13.1. The fourth-order valence-corrected chi connectivity index (χ4v) is 20.6. The molecule has 0 unspecified atom stereocenters. The van der Waals surface area contributed by atoms with Gasteiger partial charge in [-0.3, -0.25) is 0 Å². The molecule has 2 nitrogen and oxygen atoms in total. The van der Waals surface area contributed by atoms with Gasteiger partial charge in [0, 0.05) is 0 Å². The molecule has 0 saturated heterocycles. The molecular formula is C28H41NOSn. The molecule has 0 aliphatic rings. The van der Waals surface area contributed by atoms with Gasteiger partial charge in [-0.25, -0.2) is 0 Å². The zero-order valence-electron chi connectivity index (χ0n) is 19.9. The van der Waals surface area contributed by atoms with E-state index in [0.29, 0.717) is 0 Å². The van der Waals surface area contributed by atoms with Crippen LogP contribution in [0.1, 0.15) is 59.3 Å². The van der Waals surface area contributed by atoms with Crippen molar-refractivity contribution in [3.63, 3.8) is 0 Å². The van der Waals surface area contributed by atoms with E-state index in [0.717, 1.165) is 26.8 Å². The van der Waals surface area contributed by atoms with E-state index in [2.05, 4.69) is 56.9 Å². The van der Waals surface area contributed by atoms with Crippen molar-refractivity contribution in [1.82, 2.24) is 0 Å². The normalized spacial score (nSPS) is 11.3. The zero-order chi connectivity index (χ0) is 22.5. The van der Waals surface area contributed by atoms with Crippen molar-refractivity contribution >= 4 is 30.0 Å². The summed E-state index contributed by atoms with van der Waals surface area (Å²) in [6.07, 6.45) is 7.71. The first-order valence-electron chi connectivity index (χ1n) is 12.2. The Bertz CT molecular complexity index is 793. The molecule has 0 atom stereocenters. The van der Waals surface area contributed by atoms with E-state index in [9.17, 15) is 4.79 Å². The SMILES string of the molecule is C=C([CH2][Sn]([CH2]CCC)([CH2]CCC)[CH2]CCC)C(=O)Nc1cccc(-c2ccccc2)c1. The van der Waals surface area contributed by atoms with E-state index in [-0.39, 0.29) is 5.91 Å². The van der Waals surface area contributed by atoms with E-state index in [4.69, 9.17) is 0 Å². The van der Waals surface area contributed by atoms with Crippen LogP contribution in [0.4, 0.5) is 5.69 Å². The van der Waals surface area contributed by atoms with Crippen LogP contribution in [0.25, 0.3) is 11.1 Å². The first-order chi connectivity index (χ1) is 15.0. The third-order valence-corrected chi connectivity index (χ3v) is 21.8. The predicted molar refractivity (Wildman–Crippen MR) is 139 cm³/mol. The summed E-state index contributed by atoms with van der Waals surface area (Å²) >= 11 is -2.41. The van der Waals surface area contributed by atoms with Crippen molar-refractivity contribution < 1.29 is 4.79 Å². The Kier molecular flexibility index (Phi) is 11.4. The van der Waals surface area contributed by atoms with Crippen LogP contribution >= 0.6 is 0 Å². The Morgan fingerprint density at radius 1 is 0.806 bits per heavy atom. The minimum atomic E-state index is -2.41. The fourth-order valence-electron chi connectivity index (χ4n) is 4.46. The average Bonchev–Trinajstić information content (AvgIpc) is 2.80. The summed E-state index contributed by atoms with van der Waals surface area (Å²) in [6.45, 7) is 11.1. The molecule has 0 fully saturated rings. The molecule has 2 aromatic carbocycles. The minimum absolute atomic E-state index is 0.00998. The zero-order valence-corrected chi connectivity index (χ0v) is 22.7.